The number of hydrogen-bond donors (Lipinski definition) is 1. The van der Waals surface area contributed by atoms with Crippen LogP contribution in [0.1, 0.15) is 5.56 Å². The minimum absolute atomic E-state index is 0.0963. The fraction of sp³-hybridized carbons (Fsp3) is 0. The van der Waals surface area contributed by atoms with E-state index in [-0.39, 0.29) is 11.3 Å². The molecule has 0 amide bonds. The summed E-state index contributed by atoms with van der Waals surface area (Å²) in [5, 5.41) is 17.7. The smallest absolute Gasteiger partial charge is 0.124 e. The third kappa shape index (κ3) is 1.39. The van der Waals surface area contributed by atoms with Gasteiger partial charge >= 0.3 is 0 Å². The number of hydrogen-bond acceptors (Lipinski definition) is 2. The maximum Gasteiger partial charge on any atom is 0.124 e. The maximum atomic E-state index is 9.20. The summed E-state index contributed by atoms with van der Waals surface area (Å²) in [7, 11) is 0. The first-order valence-corrected chi connectivity index (χ1v) is 3.13. The van der Waals surface area contributed by atoms with Crippen LogP contribution in [0.25, 0.3) is 5.57 Å². The molecule has 1 N–H and O–H groups in total. The first-order valence-electron chi connectivity index (χ1n) is 3.13. The summed E-state index contributed by atoms with van der Waals surface area (Å²) in [4.78, 5) is 0. The number of phenolic OH excluding ortho intramolecular Hbond substituents is 1. The van der Waals surface area contributed by atoms with Crippen LogP contribution in [-0.4, -0.2) is 5.11 Å². The Morgan fingerprint density at radius 3 is 2.64 bits per heavy atom. The van der Waals surface area contributed by atoms with Gasteiger partial charge in [-0.1, -0.05) is 18.7 Å². The van der Waals surface area contributed by atoms with E-state index in [2.05, 4.69) is 6.58 Å². The number of phenols is 1. The molecule has 0 atom stereocenters. The average molecular weight is 145 g/mol. The number of nitrogens with zero attached hydrogens (tertiary/aromatic N) is 1. The second-order valence-corrected chi connectivity index (χ2v) is 2.11. The minimum Gasteiger partial charge on any atom is -0.507 e. The van der Waals surface area contributed by atoms with E-state index in [0.717, 1.165) is 0 Å². The van der Waals surface area contributed by atoms with Crippen LogP contribution in [0.2, 0.25) is 0 Å². The van der Waals surface area contributed by atoms with Crippen molar-refractivity contribution in [1.82, 2.24) is 0 Å². The van der Waals surface area contributed by atoms with Gasteiger partial charge in [0.15, 0.2) is 0 Å². The first-order chi connectivity index (χ1) is 5.25. The molecule has 0 aliphatic rings. The van der Waals surface area contributed by atoms with E-state index in [0.29, 0.717) is 5.56 Å². The van der Waals surface area contributed by atoms with Gasteiger partial charge < -0.3 is 5.11 Å². The van der Waals surface area contributed by atoms with Crippen molar-refractivity contribution in [3.8, 4) is 11.8 Å². The molecular formula is C9H7NO. The quantitative estimate of drug-likeness (QED) is 0.613. The molecule has 0 aliphatic heterocycles. The van der Waals surface area contributed by atoms with Gasteiger partial charge in [-0.2, -0.15) is 5.26 Å². The average Bonchev–Trinajstić information content (AvgIpc) is 2.04. The molecule has 1 aromatic carbocycles. The molecule has 0 fully saturated rings. The SMILES string of the molecule is C=C(C#N)c1ccccc1O. The van der Waals surface area contributed by atoms with Crippen LogP contribution in [0.4, 0.5) is 0 Å². The number of rotatable bonds is 1. The van der Waals surface area contributed by atoms with Gasteiger partial charge in [-0.3, -0.25) is 0 Å². The summed E-state index contributed by atoms with van der Waals surface area (Å²) in [6.45, 7) is 3.48. The van der Waals surface area contributed by atoms with Crippen molar-refractivity contribution in [2.24, 2.45) is 0 Å². The Hall–Kier alpha value is -1.75. The fourth-order valence-electron chi connectivity index (χ4n) is 0.789. The van der Waals surface area contributed by atoms with Crippen LogP contribution in [-0.2, 0) is 0 Å². The summed E-state index contributed by atoms with van der Waals surface area (Å²) < 4.78 is 0. The lowest BCUT2D eigenvalue weighted by Crippen LogP contribution is -1.78. The number of benzene rings is 1. The van der Waals surface area contributed by atoms with Gasteiger partial charge in [0.1, 0.15) is 5.75 Å². The zero-order chi connectivity index (χ0) is 8.27. The predicted octanol–water partition coefficient (Wildman–Crippen LogP) is 1.93. The van der Waals surface area contributed by atoms with E-state index in [4.69, 9.17) is 5.26 Å². The molecule has 11 heavy (non-hydrogen) atoms. The van der Waals surface area contributed by atoms with E-state index >= 15 is 0 Å². The summed E-state index contributed by atoms with van der Waals surface area (Å²) in [5.74, 6) is 0.0963. The van der Waals surface area contributed by atoms with Crippen molar-refractivity contribution in [1.29, 1.82) is 5.26 Å². The van der Waals surface area contributed by atoms with Crippen molar-refractivity contribution in [2.75, 3.05) is 0 Å². The highest BCUT2D eigenvalue weighted by molar-refractivity contribution is 5.77. The Labute approximate surface area is 65.0 Å². The molecule has 1 aromatic rings. The molecular weight excluding hydrogens is 138 g/mol. The Morgan fingerprint density at radius 1 is 1.45 bits per heavy atom. The second-order valence-electron chi connectivity index (χ2n) is 2.11. The van der Waals surface area contributed by atoms with Gasteiger partial charge in [0.25, 0.3) is 0 Å². The summed E-state index contributed by atoms with van der Waals surface area (Å²) in [5.41, 5.74) is 0.776. The topological polar surface area (TPSA) is 44.0 Å². The van der Waals surface area contributed by atoms with Gasteiger partial charge in [-0.05, 0) is 12.1 Å². The molecule has 0 aliphatic carbocycles. The lowest BCUT2D eigenvalue weighted by molar-refractivity contribution is 0.474. The van der Waals surface area contributed by atoms with Gasteiger partial charge in [0, 0.05) is 5.56 Å². The predicted molar refractivity (Wildman–Crippen MR) is 42.8 cm³/mol. The van der Waals surface area contributed by atoms with Crippen LogP contribution in [0.5, 0.6) is 5.75 Å². The van der Waals surface area contributed by atoms with Gasteiger partial charge in [-0.15, -0.1) is 0 Å². The number of para-hydroxylation sites is 1. The molecule has 0 saturated heterocycles. The maximum absolute atomic E-state index is 9.20. The number of aromatic hydroxyl groups is 1. The highest BCUT2D eigenvalue weighted by Crippen LogP contribution is 2.21. The van der Waals surface area contributed by atoms with Crippen molar-refractivity contribution in [2.45, 2.75) is 0 Å². The zero-order valence-corrected chi connectivity index (χ0v) is 5.91. The minimum atomic E-state index is 0.0963. The van der Waals surface area contributed by atoms with Crippen molar-refractivity contribution < 1.29 is 5.11 Å². The van der Waals surface area contributed by atoms with Crippen LogP contribution in [0.15, 0.2) is 30.8 Å². The number of nitriles is 1. The molecule has 0 spiro atoms. The molecule has 2 nitrogen and oxygen atoms in total. The van der Waals surface area contributed by atoms with Crippen molar-refractivity contribution >= 4 is 5.57 Å². The molecule has 0 bridgehead atoms. The second kappa shape index (κ2) is 2.89. The molecule has 1 rings (SSSR count). The Balaban J connectivity index is 3.16. The summed E-state index contributed by atoms with van der Waals surface area (Å²) >= 11 is 0. The molecule has 0 radical (unpaired) electrons. The van der Waals surface area contributed by atoms with E-state index in [1.807, 2.05) is 6.07 Å². The third-order valence-corrected chi connectivity index (χ3v) is 1.36. The van der Waals surface area contributed by atoms with Gasteiger partial charge in [0.2, 0.25) is 0 Å². The van der Waals surface area contributed by atoms with Crippen LogP contribution in [0.3, 0.4) is 0 Å². The molecule has 0 saturated carbocycles. The van der Waals surface area contributed by atoms with E-state index in [9.17, 15) is 5.11 Å². The first kappa shape index (κ1) is 7.36. The van der Waals surface area contributed by atoms with Crippen molar-refractivity contribution in [3.63, 3.8) is 0 Å². The molecule has 0 aromatic heterocycles. The lowest BCUT2D eigenvalue weighted by atomic mass is 10.1. The highest BCUT2D eigenvalue weighted by atomic mass is 16.3. The summed E-state index contributed by atoms with van der Waals surface area (Å²) in [6, 6.07) is 8.49. The highest BCUT2D eigenvalue weighted by Gasteiger charge is 2.01. The third-order valence-electron chi connectivity index (χ3n) is 1.36. The molecule has 0 heterocycles. The van der Waals surface area contributed by atoms with Crippen LogP contribution >= 0.6 is 0 Å². The monoisotopic (exact) mass is 145 g/mol. The van der Waals surface area contributed by atoms with E-state index in [1.165, 1.54) is 6.07 Å². The Morgan fingerprint density at radius 2 is 2.09 bits per heavy atom. The lowest BCUT2D eigenvalue weighted by Gasteiger charge is -1.98. The molecule has 0 unspecified atom stereocenters. The van der Waals surface area contributed by atoms with Crippen LogP contribution < -0.4 is 0 Å². The van der Waals surface area contributed by atoms with E-state index < -0.39 is 0 Å². The van der Waals surface area contributed by atoms with E-state index in [1.54, 1.807) is 18.2 Å². The largest absolute Gasteiger partial charge is 0.507 e. The summed E-state index contributed by atoms with van der Waals surface area (Å²) in [6.07, 6.45) is 0. The normalized spacial score (nSPS) is 8.64. The van der Waals surface area contributed by atoms with Gasteiger partial charge in [-0.25, -0.2) is 0 Å². The molecule has 2 heteroatoms. The molecule has 54 valence electrons. The van der Waals surface area contributed by atoms with Gasteiger partial charge in [0.05, 0.1) is 11.6 Å². The Bertz CT molecular complexity index is 323. The van der Waals surface area contributed by atoms with Crippen molar-refractivity contribution in [3.05, 3.63) is 36.4 Å². The zero-order valence-electron chi connectivity index (χ0n) is 5.91. The standard InChI is InChI=1S/C9H7NO/c1-7(6-10)8-4-2-3-5-9(8)11/h2-5,11H,1H2. The number of allylic oxidation sites excluding steroid dienone is 1. The Kier molecular flexibility index (Phi) is 1.93. The fourth-order valence-corrected chi connectivity index (χ4v) is 0.789. The van der Waals surface area contributed by atoms with Crippen LogP contribution in [0, 0.1) is 11.3 Å².